The van der Waals surface area contributed by atoms with Crippen LogP contribution in [0.4, 0.5) is 4.39 Å². The summed E-state index contributed by atoms with van der Waals surface area (Å²) in [5, 5.41) is 0. The van der Waals surface area contributed by atoms with Crippen LogP contribution in [-0.4, -0.2) is 61.6 Å². The molecule has 25 heavy (non-hydrogen) atoms. The van der Waals surface area contributed by atoms with Crippen molar-refractivity contribution in [1.82, 2.24) is 4.90 Å². The Bertz CT molecular complexity index is 753. The van der Waals surface area contributed by atoms with Crippen LogP contribution < -0.4 is 0 Å². The summed E-state index contributed by atoms with van der Waals surface area (Å²) in [5.41, 5.74) is 0. The van der Waals surface area contributed by atoms with Crippen molar-refractivity contribution >= 4 is 33.5 Å². The Balaban J connectivity index is 1.84. The fourth-order valence-corrected chi connectivity index (χ4v) is 5.02. The third-order valence-electron chi connectivity index (χ3n) is 3.94. The second-order valence-corrected chi connectivity index (χ2v) is 9.10. The molecular formula is C16H20FNO5S2. The number of likely N-dealkylation sites (N-methyl/N-ethyl adjacent to an activating group) is 1. The molecule has 1 aromatic rings. The first kappa shape index (κ1) is 19.7. The zero-order valence-corrected chi connectivity index (χ0v) is 15.6. The number of amides is 1. The predicted molar refractivity (Wildman–Crippen MR) is 92.5 cm³/mol. The van der Waals surface area contributed by atoms with Crippen molar-refractivity contribution < 1.29 is 27.1 Å². The van der Waals surface area contributed by atoms with E-state index < -0.39 is 39.7 Å². The summed E-state index contributed by atoms with van der Waals surface area (Å²) in [6.07, 6.45) is -0.643. The van der Waals surface area contributed by atoms with Crippen LogP contribution in [0.15, 0.2) is 29.2 Å². The molecule has 0 spiro atoms. The van der Waals surface area contributed by atoms with E-state index in [-0.39, 0.29) is 17.3 Å². The number of ether oxygens (including phenoxy) is 1. The Morgan fingerprint density at radius 3 is 2.68 bits per heavy atom. The largest absolute Gasteiger partial charge is 0.452 e. The third-order valence-corrected chi connectivity index (χ3v) is 6.71. The predicted octanol–water partition coefficient (Wildman–Crippen LogP) is 1.50. The summed E-state index contributed by atoms with van der Waals surface area (Å²) in [4.78, 5) is 25.8. The van der Waals surface area contributed by atoms with E-state index in [2.05, 4.69) is 0 Å². The van der Waals surface area contributed by atoms with Gasteiger partial charge in [0.1, 0.15) is 5.82 Å². The van der Waals surface area contributed by atoms with Crippen LogP contribution in [0.2, 0.25) is 0 Å². The molecule has 1 amide bonds. The van der Waals surface area contributed by atoms with Crippen molar-refractivity contribution in [2.24, 2.45) is 0 Å². The lowest BCUT2D eigenvalue weighted by atomic mass is 10.2. The van der Waals surface area contributed by atoms with Gasteiger partial charge in [-0.15, -0.1) is 11.8 Å². The quantitative estimate of drug-likeness (QED) is 0.542. The fourth-order valence-electron chi connectivity index (χ4n) is 2.53. The van der Waals surface area contributed by atoms with E-state index in [1.54, 1.807) is 18.2 Å². The number of rotatable bonds is 6. The van der Waals surface area contributed by atoms with Gasteiger partial charge < -0.3 is 9.64 Å². The van der Waals surface area contributed by atoms with E-state index in [9.17, 15) is 22.4 Å². The average molecular weight is 389 g/mol. The highest BCUT2D eigenvalue weighted by Gasteiger charge is 2.34. The number of esters is 1. The highest BCUT2D eigenvalue weighted by Crippen LogP contribution is 2.22. The van der Waals surface area contributed by atoms with E-state index in [1.165, 1.54) is 24.9 Å². The first-order valence-electron chi connectivity index (χ1n) is 7.73. The molecule has 2 atom stereocenters. The van der Waals surface area contributed by atoms with Gasteiger partial charge in [-0.2, -0.15) is 0 Å². The van der Waals surface area contributed by atoms with Gasteiger partial charge in [-0.1, -0.05) is 12.1 Å². The van der Waals surface area contributed by atoms with E-state index in [0.29, 0.717) is 11.3 Å². The van der Waals surface area contributed by atoms with Crippen LogP contribution in [0.3, 0.4) is 0 Å². The molecule has 6 nitrogen and oxygen atoms in total. The van der Waals surface area contributed by atoms with Crippen LogP contribution in [-0.2, 0) is 24.2 Å². The number of benzene rings is 1. The summed E-state index contributed by atoms with van der Waals surface area (Å²) in [6.45, 7) is 1.44. The number of nitrogens with zero attached hydrogens (tertiary/aromatic N) is 1. The molecule has 2 rings (SSSR count). The topological polar surface area (TPSA) is 80.8 Å². The number of hydrogen-bond acceptors (Lipinski definition) is 6. The van der Waals surface area contributed by atoms with Crippen LogP contribution >= 0.6 is 11.8 Å². The molecule has 1 heterocycles. The lowest BCUT2D eigenvalue weighted by Crippen LogP contribution is -2.44. The molecule has 1 aromatic carbocycles. The maximum absolute atomic E-state index is 13.5. The number of hydrogen-bond donors (Lipinski definition) is 0. The van der Waals surface area contributed by atoms with Gasteiger partial charge in [-0.05, 0) is 25.5 Å². The van der Waals surface area contributed by atoms with E-state index in [1.807, 2.05) is 0 Å². The standard InChI is InChI=1S/C16H20FNO5S2/c1-11(16(20)18(2)12-7-8-25(21,22)10-12)23-15(19)9-24-14-6-4-3-5-13(14)17/h3-6,11-12H,7-10H2,1-2H3/t11-,12-/m1/s1. The molecule has 0 aromatic heterocycles. The summed E-state index contributed by atoms with van der Waals surface area (Å²) in [5.74, 6) is -1.65. The first-order chi connectivity index (χ1) is 11.7. The van der Waals surface area contributed by atoms with Crippen molar-refractivity contribution in [2.75, 3.05) is 24.3 Å². The average Bonchev–Trinajstić information content (AvgIpc) is 2.92. The second-order valence-electron chi connectivity index (χ2n) is 5.86. The van der Waals surface area contributed by atoms with Gasteiger partial charge in [-0.3, -0.25) is 9.59 Å². The summed E-state index contributed by atoms with van der Waals surface area (Å²) in [6, 6.07) is 5.66. The maximum atomic E-state index is 13.5. The molecule has 0 aliphatic carbocycles. The Kier molecular flexibility index (Phi) is 6.45. The zero-order valence-electron chi connectivity index (χ0n) is 14.0. The van der Waals surface area contributed by atoms with Crippen molar-refractivity contribution in [3.8, 4) is 0 Å². The third kappa shape index (κ3) is 5.43. The molecule has 0 unspecified atom stereocenters. The normalized spacial score (nSPS) is 20.0. The molecule has 1 aliphatic heterocycles. The molecule has 0 bridgehead atoms. The van der Waals surface area contributed by atoms with Crippen LogP contribution in [0.5, 0.6) is 0 Å². The van der Waals surface area contributed by atoms with Gasteiger partial charge >= 0.3 is 5.97 Å². The van der Waals surface area contributed by atoms with Crippen LogP contribution in [0.1, 0.15) is 13.3 Å². The van der Waals surface area contributed by atoms with Gasteiger partial charge in [0.05, 0.1) is 17.3 Å². The van der Waals surface area contributed by atoms with Gasteiger partial charge in [-0.25, -0.2) is 12.8 Å². The molecule has 0 N–H and O–H groups in total. The second kappa shape index (κ2) is 8.18. The highest BCUT2D eigenvalue weighted by molar-refractivity contribution is 8.00. The summed E-state index contributed by atoms with van der Waals surface area (Å²) >= 11 is 0.989. The number of carbonyl (C=O) groups is 2. The molecule has 1 saturated heterocycles. The molecule has 0 radical (unpaired) electrons. The minimum absolute atomic E-state index is 0.0583. The molecule has 1 fully saturated rings. The lowest BCUT2D eigenvalue weighted by molar-refractivity contribution is -0.157. The minimum Gasteiger partial charge on any atom is -0.452 e. The zero-order chi connectivity index (χ0) is 18.6. The SMILES string of the molecule is C[C@@H](OC(=O)CSc1ccccc1F)C(=O)N(C)[C@@H]1CCS(=O)(=O)C1. The minimum atomic E-state index is -3.11. The van der Waals surface area contributed by atoms with Crippen molar-refractivity contribution in [3.05, 3.63) is 30.1 Å². The number of halogens is 1. The van der Waals surface area contributed by atoms with E-state index in [0.717, 1.165) is 11.8 Å². The van der Waals surface area contributed by atoms with Crippen molar-refractivity contribution in [1.29, 1.82) is 0 Å². The Labute approximate surface area is 150 Å². The maximum Gasteiger partial charge on any atom is 0.317 e. The lowest BCUT2D eigenvalue weighted by Gasteiger charge is -2.26. The van der Waals surface area contributed by atoms with Gasteiger partial charge in [0.2, 0.25) is 0 Å². The van der Waals surface area contributed by atoms with E-state index in [4.69, 9.17) is 4.74 Å². The highest BCUT2D eigenvalue weighted by atomic mass is 32.2. The molecule has 9 heteroatoms. The number of carbonyl (C=O) groups excluding carboxylic acids is 2. The van der Waals surface area contributed by atoms with Crippen molar-refractivity contribution in [3.63, 3.8) is 0 Å². The van der Waals surface area contributed by atoms with Gasteiger partial charge in [0, 0.05) is 18.0 Å². The van der Waals surface area contributed by atoms with Gasteiger partial charge in [0.25, 0.3) is 5.91 Å². The Morgan fingerprint density at radius 1 is 1.40 bits per heavy atom. The Morgan fingerprint density at radius 2 is 2.08 bits per heavy atom. The Hall–Kier alpha value is -1.61. The molecule has 0 saturated carbocycles. The monoisotopic (exact) mass is 389 g/mol. The number of sulfone groups is 1. The smallest absolute Gasteiger partial charge is 0.317 e. The molecule has 1 aliphatic rings. The van der Waals surface area contributed by atoms with Gasteiger partial charge in [0.15, 0.2) is 15.9 Å². The molecular weight excluding hydrogens is 369 g/mol. The van der Waals surface area contributed by atoms with E-state index >= 15 is 0 Å². The van der Waals surface area contributed by atoms with Crippen LogP contribution in [0.25, 0.3) is 0 Å². The summed E-state index contributed by atoms with van der Waals surface area (Å²) < 4.78 is 41.6. The first-order valence-corrected chi connectivity index (χ1v) is 10.5. The summed E-state index contributed by atoms with van der Waals surface area (Å²) in [7, 11) is -1.60. The van der Waals surface area contributed by atoms with Crippen LogP contribution in [0, 0.1) is 5.82 Å². The fraction of sp³-hybridized carbons (Fsp3) is 0.500. The van der Waals surface area contributed by atoms with Crippen molar-refractivity contribution in [2.45, 2.75) is 30.4 Å². The number of thioether (sulfide) groups is 1. The molecule has 138 valence electrons.